The van der Waals surface area contributed by atoms with Crippen molar-refractivity contribution in [3.05, 3.63) is 26.8 Å². The lowest BCUT2D eigenvalue weighted by Crippen LogP contribution is -2.53. The third-order valence-corrected chi connectivity index (χ3v) is 5.47. The maximum Gasteiger partial charge on any atom is 0.323 e. The summed E-state index contributed by atoms with van der Waals surface area (Å²) in [6.07, 6.45) is 2.27. The lowest BCUT2D eigenvalue weighted by atomic mass is 10.1. The predicted octanol–water partition coefficient (Wildman–Crippen LogP) is 1.37. The second kappa shape index (κ2) is 7.43. The Morgan fingerprint density at radius 3 is 2.87 bits per heavy atom. The van der Waals surface area contributed by atoms with E-state index in [1.165, 1.54) is 17.4 Å². The van der Waals surface area contributed by atoms with E-state index in [9.17, 15) is 18.0 Å². The standard InChI is InChI=1S/C13H15ClN2O5S2/c14-11-4-3-9(22-11)5-7-23(20,21)15-10-2-1-6-16(13(10)19)8-12(17)18/h3-5,7,10,15H,1-2,6,8H2,(H,17,18)/t10-/m0/s1. The molecule has 0 spiro atoms. The van der Waals surface area contributed by atoms with Gasteiger partial charge >= 0.3 is 5.97 Å². The van der Waals surface area contributed by atoms with Gasteiger partial charge in [-0.3, -0.25) is 9.59 Å². The minimum Gasteiger partial charge on any atom is -0.480 e. The predicted molar refractivity (Wildman–Crippen MR) is 87.7 cm³/mol. The van der Waals surface area contributed by atoms with Gasteiger partial charge in [0.05, 0.1) is 4.34 Å². The highest BCUT2D eigenvalue weighted by Crippen LogP contribution is 2.22. The van der Waals surface area contributed by atoms with Crippen molar-refractivity contribution in [1.82, 2.24) is 9.62 Å². The Morgan fingerprint density at radius 1 is 1.52 bits per heavy atom. The summed E-state index contributed by atoms with van der Waals surface area (Å²) in [6.45, 7) is -0.118. The average Bonchev–Trinajstić information content (AvgIpc) is 2.86. The number of amides is 1. The molecule has 2 rings (SSSR count). The van der Waals surface area contributed by atoms with Crippen molar-refractivity contribution in [3.63, 3.8) is 0 Å². The van der Waals surface area contributed by atoms with Gasteiger partial charge in [0, 0.05) is 16.8 Å². The number of thiophene rings is 1. The zero-order valence-electron chi connectivity index (χ0n) is 11.9. The summed E-state index contributed by atoms with van der Waals surface area (Å²) in [5.74, 6) is -1.65. The molecule has 1 aromatic rings. The van der Waals surface area contributed by atoms with E-state index in [0.717, 1.165) is 10.3 Å². The molecule has 23 heavy (non-hydrogen) atoms. The molecule has 0 aromatic carbocycles. The van der Waals surface area contributed by atoms with Gasteiger partial charge in [-0.05, 0) is 31.1 Å². The molecule has 0 radical (unpaired) electrons. The molecule has 1 aliphatic heterocycles. The third kappa shape index (κ3) is 5.31. The summed E-state index contributed by atoms with van der Waals surface area (Å²) in [6, 6.07) is 2.39. The molecular formula is C13H15ClN2O5S2. The minimum atomic E-state index is -3.82. The number of piperidine rings is 1. The topological polar surface area (TPSA) is 104 Å². The number of rotatable bonds is 6. The maximum absolute atomic E-state index is 12.1. The van der Waals surface area contributed by atoms with E-state index in [2.05, 4.69) is 4.72 Å². The van der Waals surface area contributed by atoms with Crippen molar-refractivity contribution in [2.24, 2.45) is 0 Å². The highest BCUT2D eigenvalue weighted by atomic mass is 35.5. The van der Waals surface area contributed by atoms with Crippen molar-refractivity contribution >= 4 is 50.9 Å². The normalized spacial score (nSPS) is 19.4. The van der Waals surface area contributed by atoms with Crippen molar-refractivity contribution < 1.29 is 23.1 Å². The quantitative estimate of drug-likeness (QED) is 0.778. The van der Waals surface area contributed by atoms with E-state index < -0.39 is 34.5 Å². The highest BCUT2D eigenvalue weighted by Gasteiger charge is 2.32. The molecule has 0 aliphatic carbocycles. The molecule has 2 heterocycles. The van der Waals surface area contributed by atoms with E-state index in [-0.39, 0.29) is 0 Å². The smallest absolute Gasteiger partial charge is 0.323 e. The van der Waals surface area contributed by atoms with Crippen LogP contribution in [0.15, 0.2) is 17.5 Å². The van der Waals surface area contributed by atoms with E-state index in [1.807, 2.05) is 0 Å². The van der Waals surface area contributed by atoms with Crippen LogP contribution in [0, 0.1) is 0 Å². The summed E-state index contributed by atoms with van der Waals surface area (Å²) in [7, 11) is -3.82. The molecule has 0 unspecified atom stereocenters. The number of carbonyl (C=O) groups is 2. The number of carboxylic acid groups (broad SMARTS) is 1. The van der Waals surface area contributed by atoms with Crippen LogP contribution >= 0.6 is 22.9 Å². The van der Waals surface area contributed by atoms with Crippen molar-refractivity contribution in [2.45, 2.75) is 18.9 Å². The lowest BCUT2D eigenvalue weighted by molar-refractivity contribution is -0.146. The lowest BCUT2D eigenvalue weighted by Gasteiger charge is -2.31. The fraction of sp³-hybridized carbons (Fsp3) is 0.385. The first-order valence-electron chi connectivity index (χ1n) is 6.73. The van der Waals surface area contributed by atoms with Gasteiger partial charge in [0.25, 0.3) is 0 Å². The number of hydrogen-bond donors (Lipinski definition) is 2. The molecule has 7 nitrogen and oxygen atoms in total. The average molecular weight is 379 g/mol. The van der Waals surface area contributed by atoms with Crippen LogP contribution in [-0.4, -0.2) is 49.4 Å². The van der Waals surface area contributed by atoms with Crippen LogP contribution in [0.25, 0.3) is 6.08 Å². The first kappa shape index (κ1) is 17.9. The number of sulfonamides is 1. The Labute approximate surface area is 142 Å². The number of halogens is 1. The van der Waals surface area contributed by atoms with Gasteiger partial charge in [-0.25, -0.2) is 8.42 Å². The number of aliphatic carboxylic acids is 1. The van der Waals surface area contributed by atoms with Crippen LogP contribution < -0.4 is 4.72 Å². The largest absolute Gasteiger partial charge is 0.480 e. The fourth-order valence-corrected chi connectivity index (χ4v) is 4.25. The number of nitrogens with one attached hydrogen (secondary N) is 1. The number of hydrogen-bond acceptors (Lipinski definition) is 5. The third-order valence-electron chi connectivity index (χ3n) is 3.17. The molecule has 0 bridgehead atoms. The molecule has 2 N–H and O–H groups in total. The summed E-state index contributed by atoms with van der Waals surface area (Å²) in [5.41, 5.74) is 0. The van der Waals surface area contributed by atoms with Gasteiger partial charge in [0.15, 0.2) is 0 Å². The monoisotopic (exact) mass is 378 g/mol. The van der Waals surface area contributed by atoms with Crippen molar-refractivity contribution in [2.75, 3.05) is 13.1 Å². The zero-order chi connectivity index (χ0) is 17.0. The summed E-state index contributed by atoms with van der Waals surface area (Å²) in [4.78, 5) is 24.6. The van der Waals surface area contributed by atoms with Gasteiger partial charge in [-0.1, -0.05) is 11.6 Å². The molecule has 126 valence electrons. The Hall–Kier alpha value is -1.42. The van der Waals surface area contributed by atoms with Crippen LogP contribution in [0.5, 0.6) is 0 Å². The first-order chi connectivity index (χ1) is 10.8. The molecule has 1 aliphatic rings. The summed E-state index contributed by atoms with van der Waals surface area (Å²) >= 11 is 6.99. The van der Waals surface area contributed by atoms with Crippen molar-refractivity contribution in [1.29, 1.82) is 0 Å². The first-order valence-corrected chi connectivity index (χ1v) is 9.47. The van der Waals surface area contributed by atoms with Crippen LogP contribution in [-0.2, 0) is 19.6 Å². The molecular weight excluding hydrogens is 364 g/mol. The Balaban J connectivity index is 2.02. The summed E-state index contributed by atoms with van der Waals surface area (Å²) < 4.78 is 26.9. The molecule has 1 amide bonds. The second-order valence-corrected chi connectivity index (χ2v) is 8.30. The van der Waals surface area contributed by atoms with Crippen LogP contribution in [0.1, 0.15) is 17.7 Å². The number of nitrogens with zero attached hydrogens (tertiary/aromatic N) is 1. The van der Waals surface area contributed by atoms with Gasteiger partial charge in [0.2, 0.25) is 15.9 Å². The molecule has 1 aromatic heterocycles. The molecule has 0 saturated carbocycles. The van der Waals surface area contributed by atoms with E-state index >= 15 is 0 Å². The molecule has 1 fully saturated rings. The van der Waals surface area contributed by atoms with Crippen LogP contribution in [0.2, 0.25) is 4.34 Å². The van der Waals surface area contributed by atoms with Crippen LogP contribution in [0.4, 0.5) is 0 Å². The maximum atomic E-state index is 12.1. The van der Waals surface area contributed by atoms with E-state index in [4.69, 9.17) is 16.7 Å². The van der Waals surface area contributed by atoms with Gasteiger partial charge < -0.3 is 10.0 Å². The molecule has 1 atom stereocenters. The van der Waals surface area contributed by atoms with Gasteiger partial charge in [-0.2, -0.15) is 4.72 Å². The van der Waals surface area contributed by atoms with Crippen LogP contribution in [0.3, 0.4) is 0 Å². The number of carboxylic acids is 1. The summed E-state index contributed by atoms with van der Waals surface area (Å²) in [5, 5.41) is 9.73. The number of likely N-dealkylation sites (tertiary alicyclic amines) is 1. The highest BCUT2D eigenvalue weighted by molar-refractivity contribution is 7.92. The SMILES string of the molecule is O=C(O)CN1CCC[C@H](NS(=O)(=O)C=Cc2ccc(Cl)s2)C1=O. The zero-order valence-corrected chi connectivity index (χ0v) is 14.3. The van der Waals surface area contributed by atoms with E-state index in [0.29, 0.717) is 28.6 Å². The second-order valence-electron chi connectivity index (χ2n) is 4.96. The van der Waals surface area contributed by atoms with Gasteiger partial charge in [0.1, 0.15) is 12.6 Å². The van der Waals surface area contributed by atoms with Gasteiger partial charge in [-0.15, -0.1) is 11.3 Å². The Morgan fingerprint density at radius 2 is 2.26 bits per heavy atom. The molecule has 1 saturated heterocycles. The van der Waals surface area contributed by atoms with Crippen molar-refractivity contribution in [3.8, 4) is 0 Å². The fourth-order valence-electron chi connectivity index (χ4n) is 2.18. The Kier molecular flexibility index (Phi) is 5.79. The van der Waals surface area contributed by atoms with E-state index in [1.54, 1.807) is 12.1 Å². The molecule has 10 heteroatoms. The number of carbonyl (C=O) groups excluding carboxylic acids is 1. The minimum absolute atomic E-state index is 0.312. The Bertz CT molecular complexity index is 728.